The van der Waals surface area contributed by atoms with Crippen LogP contribution in [-0.4, -0.2) is 56.3 Å². The maximum atomic E-state index is 12.4. The van der Waals surface area contributed by atoms with Crippen LogP contribution in [0.25, 0.3) is 0 Å². The molecule has 0 radical (unpaired) electrons. The van der Waals surface area contributed by atoms with E-state index < -0.39 is 47.2 Å². The number of hydrogen-bond acceptors (Lipinski definition) is 5. The molecular formula is C16H23F3N2O4S2. The molecular weight excluding hydrogens is 405 g/mol. The van der Waals surface area contributed by atoms with Crippen LogP contribution in [0.4, 0.5) is 13.2 Å². The Labute approximate surface area is 161 Å². The van der Waals surface area contributed by atoms with E-state index in [9.17, 15) is 26.4 Å². The fourth-order valence-corrected chi connectivity index (χ4v) is 3.77. The van der Waals surface area contributed by atoms with Crippen LogP contribution in [0.15, 0.2) is 29.2 Å². The van der Waals surface area contributed by atoms with E-state index in [4.69, 9.17) is 5.11 Å². The molecule has 0 heterocycles. The summed E-state index contributed by atoms with van der Waals surface area (Å²) in [7, 11) is -3.97. The summed E-state index contributed by atoms with van der Waals surface area (Å²) in [5.41, 5.74) is 0.869. The zero-order valence-electron chi connectivity index (χ0n) is 14.9. The number of hydrogen-bond donors (Lipinski definition) is 3. The molecule has 6 nitrogen and oxygen atoms in total. The van der Waals surface area contributed by atoms with Gasteiger partial charge in [-0.1, -0.05) is 17.7 Å². The van der Waals surface area contributed by atoms with E-state index in [0.717, 1.165) is 5.56 Å². The lowest BCUT2D eigenvalue weighted by molar-refractivity contribution is -0.205. The third-order valence-electron chi connectivity index (χ3n) is 3.65. The van der Waals surface area contributed by atoms with Crippen molar-refractivity contribution in [2.45, 2.75) is 43.0 Å². The van der Waals surface area contributed by atoms with Crippen LogP contribution < -0.4 is 10.0 Å². The number of thioether (sulfide) groups is 1. The fraction of sp³-hybridized carbons (Fsp3) is 0.562. The van der Waals surface area contributed by atoms with Gasteiger partial charge in [-0.15, -0.1) is 0 Å². The average Bonchev–Trinajstić information content (AvgIpc) is 2.57. The van der Waals surface area contributed by atoms with Crippen molar-refractivity contribution in [3.8, 4) is 0 Å². The van der Waals surface area contributed by atoms with Gasteiger partial charge in [-0.2, -0.15) is 29.7 Å². The van der Waals surface area contributed by atoms with Gasteiger partial charge in [-0.3, -0.25) is 4.79 Å². The van der Waals surface area contributed by atoms with Gasteiger partial charge in [-0.25, -0.2) is 8.42 Å². The molecule has 0 fully saturated rings. The molecule has 27 heavy (non-hydrogen) atoms. The molecule has 0 saturated heterocycles. The Kier molecular flexibility index (Phi) is 9.06. The van der Waals surface area contributed by atoms with Crippen molar-refractivity contribution in [3.05, 3.63) is 29.8 Å². The Balaban J connectivity index is 2.76. The lowest BCUT2D eigenvalue weighted by atomic mass is 10.2. The Morgan fingerprint density at radius 3 is 2.33 bits per heavy atom. The van der Waals surface area contributed by atoms with Crippen LogP contribution >= 0.6 is 11.8 Å². The molecule has 1 rings (SSSR count). The third-order valence-corrected chi connectivity index (χ3v) is 5.78. The zero-order chi connectivity index (χ0) is 20.7. The summed E-state index contributed by atoms with van der Waals surface area (Å²) in [5.74, 6) is -0.270. The predicted octanol–water partition coefficient (Wildman–Crippen LogP) is 1.82. The van der Waals surface area contributed by atoms with Crippen LogP contribution in [0.1, 0.15) is 18.4 Å². The predicted molar refractivity (Wildman–Crippen MR) is 98.0 cm³/mol. The van der Waals surface area contributed by atoms with Gasteiger partial charge < -0.3 is 10.4 Å². The molecule has 1 aromatic rings. The van der Waals surface area contributed by atoms with E-state index in [-0.39, 0.29) is 11.3 Å². The number of aliphatic hydroxyl groups is 1. The van der Waals surface area contributed by atoms with E-state index in [1.165, 1.54) is 23.9 Å². The van der Waals surface area contributed by atoms with Crippen molar-refractivity contribution in [1.29, 1.82) is 0 Å². The van der Waals surface area contributed by atoms with Crippen molar-refractivity contribution in [2.75, 3.05) is 18.6 Å². The lowest BCUT2D eigenvalue weighted by Gasteiger charge is -2.19. The summed E-state index contributed by atoms with van der Waals surface area (Å²) in [4.78, 5) is 12.2. The van der Waals surface area contributed by atoms with Crippen molar-refractivity contribution >= 4 is 27.7 Å². The molecule has 0 spiro atoms. The molecule has 3 N–H and O–H groups in total. The first-order valence-corrected chi connectivity index (χ1v) is 11.0. The highest BCUT2D eigenvalue weighted by Gasteiger charge is 2.37. The maximum absolute atomic E-state index is 12.4. The zero-order valence-corrected chi connectivity index (χ0v) is 16.5. The summed E-state index contributed by atoms with van der Waals surface area (Å²) in [6, 6.07) is 4.90. The number of alkyl halides is 3. The van der Waals surface area contributed by atoms with Gasteiger partial charge in [0.05, 0.1) is 4.90 Å². The molecule has 0 aliphatic carbocycles. The second-order valence-corrected chi connectivity index (χ2v) is 8.61. The smallest absolute Gasteiger partial charge is 0.384 e. The highest BCUT2D eigenvalue weighted by atomic mass is 32.2. The van der Waals surface area contributed by atoms with Crippen molar-refractivity contribution in [3.63, 3.8) is 0 Å². The molecule has 1 amide bonds. The summed E-state index contributed by atoms with van der Waals surface area (Å²) in [6.07, 6.45) is -6.08. The highest BCUT2D eigenvalue weighted by Crippen LogP contribution is 2.21. The number of carbonyl (C=O) groups excluding carboxylic acids is 1. The maximum Gasteiger partial charge on any atom is 0.414 e. The van der Waals surface area contributed by atoms with Gasteiger partial charge in [0, 0.05) is 6.54 Å². The monoisotopic (exact) mass is 428 g/mol. The van der Waals surface area contributed by atoms with Gasteiger partial charge in [0.2, 0.25) is 15.9 Å². The molecule has 1 aromatic carbocycles. The molecule has 0 aliphatic heterocycles. The number of sulfonamides is 1. The number of aliphatic hydroxyl groups excluding tert-OH is 1. The lowest BCUT2D eigenvalue weighted by Crippen LogP contribution is -2.47. The Morgan fingerprint density at radius 2 is 1.81 bits per heavy atom. The summed E-state index contributed by atoms with van der Waals surface area (Å²) < 4.78 is 64.0. The summed E-state index contributed by atoms with van der Waals surface area (Å²) in [5, 5.41) is 11.2. The largest absolute Gasteiger partial charge is 0.414 e. The summed E-state index contributed by atoms with van der Waals surface area (Å²) in [6.45, 7) is 1.37. The van der Waals surface area contributed by atoms with Crippen LogP contribution in [0, 0.1) is 6.92 Å². The number of halogens is 3. The van der Waals surface area contributed by atoms with Gasteiger partial charge in [0.25, 0.3) is 0 Å². The van der Waals surface area contributed by atoms with E-state index in [2.05, 4.69) is 10.0 Å². The molecule has 0 bridgehead atoms. The normalized spacial score (nSPS) is 14.6. The highest BCUT2D eigenvalue weighted by molar-refractivity contribution is 7.98. The van der Waals surface area contributed by atoms with Crippen LogP contribution in [0.5, 0.6) is 0 Å². The molecule has 0 aliphatic rings. The molecule has 0 saturated carbocycles. The van der Waals surface area contributed by atoms with E-state index >= 15 is 0 Å². The van der Waals surface area contributed by atoms with E-state index in [0.29, 0.717) is 5.75 Å². The summed E-state index contributed by atoms with van der Waals surface area (Å²) >= 11 is 1.40. The number of carbonyl (C=O) groups is 1. The SMILES string of the molecule is CSCC[C@@H](NS(=O)(=O)c1ccc(C)cc1)C(=O)NCC[C@H](O)C(F)(F)F. The first-order chi connectivity index (χ1) is 12.5. The average molecular weight is 428 g/mol. The first kappa shape index (κ1) is 23.7. The number of rotatable bonds is 10. The standard InChI is InChI=1S/C16H23F3N2O4S2/c1-11-3-5-12(6-4-11)27(24,25)21-13(8-10-26-2)15(23)20-9-7-14(22)16(17,18)19/h3-6,13-14,21-22H,7-10H2,1-2H3,(H,20,23)/t13-,14+/m1/s1. The van der Waals surface area contributed by atoms with E-state index in [1.807, 2.05) is 0 Å². The fourth-order valence-electron chi connectivity index (χ4n) is 2.07. The molecule has 0 unspecified atom stereocenters. The number of aryl methyl sites for hydroxylation is 1. The molecule has 11 heteroatoms. The number of benzene rings is 1. The second kappa shape index (κ2) is 10.3. The minimum atomic E-state index is -4.77. The third kappa shape index (κ3) is 8.08. The van der Waals surface area contributed by atoms with E-state index in [1.54, 1.807) is 25.3 Å². The number of amides is 1. The Morgan fingerprint density at radius 1 is 1.22 bits per heavy atom. The van der Waals surface area contributed by atoms with Crippen molar-refractivity contribution < 1.29 is 31.5 Å². The Hall–Kier alpha value is -1.30. The first-order valence-electron chi connectivity index (χ1n) is 8.08. The topological polar surface area (TPSA) is 95.5 Å². The van der Waals surface area contributed by atoms with Gasteiger partial charge in [0.1, 0.15) is 6.04 Å². The molecule has 154 valence electrons. The van der Waals surface area contributed by atoms with Crippen LogP contribution in [0.2, 0.25) is 0 Å². The van der Waals surface area contributed by atoms with Crippen molar-refractivity contribution in [2.24, 2.45) is 0 Å². The van der Waals surface area contributed by atoms with Crippen LogP contribution in [-0.2, 0) is 14.8 Å². The van der Waals surface area contributed by atoms with Gasteiger partial charge in [0.15, 0.2) is 6.10 Å². The minimum absolute atomic E-state index is 0.0115. The Bertz CT molecular complexity index is 709. The van der Waals surface area contributed by atoms with Crippen LogP contribution in [0.3, 0.4) is 0 Å². The minimum Gasteiger partial charge on any atom is -0.384 e. The van der Waals surface area contributed by atoms with Crippen molar-refractivity contribution in [1.82, 2.24) is 10.0 Å². The molecule has 0 aromatic heterocycles. The van der Waals surface area contributed by atoms with Gasteiger partial charge in [-0.05, 0) is 43.9 Å². The second-order valence-electron chi connectivity index (χ2n) is 5.91. The number of nitrogens with one attached hydrogen (secondary N) is 2. The van der Waals surface area contributed by atoms with Gasteiger partial charge >= 0.3 is 6.18 Å². The molecule has 2 atom stereocenters. The quantitative estimate of drug-likeness (QED) is 0.529.